The van der Waals surface area contributed by atoms with E-state index in [1.165, 1.54) is 6.07 Å². The molecule has 1 saturated heterocycles. The first kappa shape index (κ1) is 12.4. The topological polar surface area (TPSA) is 88.5 Å². The van der Waals surface area contributed by atoms with Gasteiger partial charge in [0, 0.05) is 17.9 Å². The Morgan fingerprint density at radius 1 is 1.35 bits per heavy atom. The lowest BCUT2D eigenvalue weighted by molar-refractivity contribution is -0.137. The maximum Gasteiger partial charge on any atom is 0.335 e. The molecule has 3 rings (SSSR count). The number of fused-ring (bicyclic) bond motifs is 1. The number of amides is 1. The number of hydrogen-bond acceptors (Lipinski definition) is 5. The summed E-state index contributed by atoms with van der Waals surface area (Å²) in [5.41, 5.74) is 0.369. The van der Waals surface area contributed by atoms with Crippen molar-refractivity contribution in [2.45, 2.75) is 18.9 Å². The van der Waals surface area contributed by atoms with Crippen molar-refractivity contribution in [1.82, 2.24) is 10.3 Å². The lowest BCUT2D eigenvalue weighted by Crippen LogP contribution is -2.36. The predicted molar refractivity (Wildman–Crippen MR) is 70.2 cm³/mol. The van der Waals surface area contributed by atoms with E-state index in [1.54, 1.807) is 24.3 Å². The van der Waals surface area contributed by atoms with Crippen LogP contribution in [0.4, 0.5) is 0 Å². The number of carbonyl (C=O) groups excluding carboxylic acids is 2. The smallest absolute Gasteiger partial charge is 0.335 e. The zero-order valence-electron chi connectivity index (χ0n) is 10.5. The molecule has 1 aliphatic rings. The summed E-state index contributed by atoms with van der Waals surface area (Å²) in [6.45, 7) is 0. The van der Waals surface area contributed by atoms with E-state index < -0.39 is 12.0 Å². The number of phenolic OH excluding ortho intramolecular Hbond substituents is 1. The van der Waals surface area contributed by atoms with E-state index in [0.717, 1.165) is 5.39 Å². The van der Waals surface area contributed by atoms with Gasteiger partial charge in [0.2, 0.25) is 11.8 Å². The number of hydrogen-bond donors (Lipinski definition) is 2. The van der Waals surface area contributed by atoms with Gasteiger partial charge in [-0.2, -0.15) is 0 Å². The number of aromatic hydroxyl groups is 1. The molecule has 2 N–H and O–H groups in total. The van der Waals surface area contributed by atoms with Crippen LogP contribution in [-0.4, -0.2) is 28.0 Å². The first-order valence-electron chi connectivity index (χ1n) is 6.23. The minimum atomic E-state index is -0.621. The Bertz CT molecular complexity index is 699. The quantitative estimate of drug-likeness (QED) is 0.800. The van der Waals surface area contributed by atoms with Gasteiger partial charge in [0.1, 0.15) is 17.3 Å². The number of para-hydroxylation sites is 1. The molecule has 0 saturated carbocycles. The van der Waals surface area contributed by atoms with Crippen molar-refractivity contribution >= 4 is 22.8 Å². The van der Waals surface area contributed by atoms with Crippen LogP contribution in [0.5, 0.6) is 11.6 Å². The van der Waals surface area contributed by atoms with Crippen LogP contribution < -0.4 is 10.1 Å². The van der Waals surface area contributed by atoms with E-state index in [0.29, 0.717) is 18.4 Å². The van der Waals surface area contributed by atoms with Gasteiger partial charge in [-0.15, -0.1) is 0 Å². The molecule has 0 bridgehead atoms. The fraction of sp³-hybridized carbons (Fsp3) is 0.214. The number of benzene rings is 1. The average molecular weight is 272 g/mol. The minimum Gasteiger partial charge on any atom is -0.506 e. The third-order valence-electron chi connectivity index (χ3n) is 3.16. The van der Waals surface area contributed by atoms with Crippen molar-refractivity contribution in [3.05, 3.63) is 30.3 Å². The molecular formula is C14H12N2O4. The summed E-state index contributed by atoms with van der Waals surface area (Å²) < 4.78 is 5.13. The van der Waals surface area contributed by atoms with Crippen molar-refractivity contribution in [3.8, 4) is 11.6 Å². The Morgan fingerprint density at radius 3 is 2.95 bits per heavy atom. The number of nitrogens with one attached hydrogen (secondary N) is 1. The SMILES string of the molecule is O=C1CC[C@@H](C(=O)Oc2ccc3cccc(O)c3n2)N1. The molecule has 1 aromatic carbocycles. The van der Waals surface area contributed by atoms with Gasteiger partial charge in [0.05, 0.1) is 0 Å². The largest absolute Gasteiger partial charge is 0.506 e. The fourth-order valence-electron chi connectivity index (χ4n) is 2.14. The average Bonchev–Trinajstić information content (AvgIpc) is 2.86. The molecule has 0 spiro atoms. The third kappa shape index (κ3) is 2.27. The predicted octanol–water partition coefficient (Wildman–Crippen LogP) is 1.12. The van der Waals surface area contributed by atoms with Gasteiger partial charge in [0.25, 0.3) is 0 Å². The highest BCUT2D eigenvalue weighted by atomic mass is 16.5. The summed E-state index contributed by atoms with van der Waals surface area (Å²) in [4.78, 5) is 27.0. The molecule has 2 aromatic rings. The van der Waals surface area contributed by atoms with E-state index in [2.05, 4.69) is 10.3 Å². The third-order valence-corrected chi connectivity index (χ3v) is 3.16. The Hall–Kier alpha value is -2.63. The lowest BCUT2D eigenvalue weighted by atomic mass is 10.2. The molecular weight excluding hydrogens is 260 g/mol. The molecule has 6 nitrogen and oxygen atoms in total. The molecule has 6 heteroatoms. The molecule has 102 valence electrons. The van der Waals surface area contributed by atoms with Gasteiger partial charge in [0.15, 0.2) is 0 Å². The molecule has 0 aliphatic carbocycles. The number of pyridine rings is 1. The fourth-order valence-corrected chi connectivity index (χ4v) is 2.14. The van der Waals surface area contributed by atoms with Crippen molar-refractivity contribution in [3.63, 3.8) is 0 Å². The van der Waals surface area contributed by atoms with Gasteiger partial charge in [-0.1, -0.05) is 12.1 Å². The van der Waals surface area contributed by atoms with Gasteiger partial charge in [-0.25, -0.2) is 9.78 Å². The number of rotatable bonds is 2. The van der Waals surface area contributed by atoms with Crippen molar-refractivity contribution in [1.29, 1.82) is 0 Å². The van der Waals surface area contributed by atoms with E-state index in [4.69, 9.17) is 4.74 Å². The van der Waals surface area contributed by atoms with Crippen molar-refractivity contribution < 1.29 is 19.4 Å². The van der Waals surface area contributed by atoms with Gasteiger partial charge >= 0.3 is 5.97 Å². The second-order valence-corrected chi connectivity index (χ2v) is 4.58. The highest BCUT2D eigenvalue weighted by Gasteiger charge is 2.29. The summed E-state index contributed by atoms with van der Waals surface area (Å²) in [5, 5.41) is 13.0. The molecule has 1 aliphatic heterocycles. The Labute approximate surface area is 114 Å². The normalized spacial score (nSPS) is 18.0. The Balaban J connectivity index is 1.82. The van der Waals surface area contributed by atoms with E-state index in [9.17, 15) is 14.7 Å². The van der Waals surface area contributed by atoms with Gasteiger partial charge < -0.3 is 15.2 Å². The number of aromatic nitrogens is 1. The summed E-state index contributed by atoms with van der Waals surface area (Å²) in [6, 6.07) is 7.65. The summed E-state index contributed by atoms with van der Waals surface area (Å²) in [6.07, 6.45) is 0.752. The molecule has 1 aromatic heterocycles. The first-order chi connectivity index (χ1) is 9.63. The maximum atomic E-state index is 11.8. The van der Waals surface area contributed by atoms with Crippen LogP contribution in [0.2, 0.25) is 0 Å². The molecule has 0 unspecified atom stereocenters. The van der Waals surface area contributed by atoms with Crippen molar-refractivity contribution in [2.24, 2.45) is 0 Å². The Kier molecular flexibility index (Phi) is 2.98. The zero-order valence-corrected chi connectivity index (χ0v) is 10.5. The number of carbonyl (C=O) groups is 2. The summed E-state index contributed by atoms with van der Waals surface area (Å²) in [5.74, 6) is -0.575. The van der Waals surface area contributed by atoms with Crippen LogP contribution >= 0.6 is 0 Å². The monoisotopic (exact) mass is 272 g/mol. The Morgan fingerprint density at radius 2 is 2.20 bits per heavy atom. The van der Waals surface area contributed by atoms with Crippen LogP contribution in [0.25, 0.3) is 10.9 Å². The van der Waals surface area contributed by atoms with Crippen LogP contribution in [0.15, 0.2) is 30.3 Å². The van der Waals surface area contributed by atoms with Crippen LogP contribution in [0.3, 0.4) is 0 Å². The lowest BCUT2D eigenvalue weighted by Gasteiger charge is -2.09. The second kappa shape index (κ2) is 4.80. The molecule has 2 heterocycles. The number of ether oxygens (including phenoxy) is 1. The molecule has 1 fully saturated rings. The van der Waals surface area contributed by atoms with E-state index >= 15 is 0 Å². The van der Waals surface area contributed by atoms with E-state index in [1.807, 2.05) is 0 Å². The van der Waals surface area contributed by atoms with Crippen LogP contribution in [0.1, 0.15) is 12.8 Å². The summed E-state index contributed by atoms with van der Waals surface area (Å²) in [7, 11) is 0. The van der Waals surface area contributed by atoms with Gasteiger partial charge in [-0.05, 0) is 18.6 Å². The van der Waals surface area contributed by atoms with E-state index in [-0.39, 0.29) is 17.5 Å². The van der Waals surface area contributed by atoms with Gasteiger partial charge in [-0.3, -0.25) is 4.79 Å². The van der Waals surface area contributed by atoms with Crippen LogP contribution in [0, 0.1) is 0 Å². The molecule has 1 atom stereocenters. The number of phenols is 1. The zero-order chi connectivity index (χ0) is 14.1. The highest BCUT2D eigenvalue weighted by Crippen LogP contribution is 2.24. The minimum absolute atomic E-state index is 0.0227. The highest BCUT2D eigenvalue weighted by molar-refractivity contribution is 5.89. The van der Waals surface area contributed by atoms with Crippen LogP contribution in [-0.2, 0) is 9.59 Å². The first-order valence-corrected chi connectivity index (χ1v) is 6.23. The molecule has 0 radical (unpaired) electrons. The van der Waals surface area contributed by atoms with Crippen molar-refractivity contribution in [2.75, 3.05) is 0 Å². The number of nitrogens with zero attached hydrogens (tertiary/aromatic N) is 1. The molecule has 20 heavy (non-hydrogen) atoms. The molecule has 1 amide bonds. The summed E-state index contributed by atoms with van der Waals surface area (Å²) >= 11 is 0. The standard InChI is InChI=1S/C14H12N2O4/c17-10-3-1-2-8-4-7-12(16-13(8)10)20-14(19)9-5-6-11(18)15-9/h1-4,7,9,17H,5-6H2,(H,15,18)/t9-/m0/s1. The number of esters is 1. The second-order valence-electron chi connectivity index (χ2n) is 4.58. The maximum absolute atomic E-state index is 11.8.